The molecule has 0 N–H and O–H groups in total. The van der Waals surface area contributed by atoms with Crippen LogP contribution in [0.15, 0.2) is 0 Å². The summed E-state index contributed by atoms with van der Waals surface area (Å²) < 4.78 is 0. The molecule has 1 saturated carbocycles. The van der Waals surface area contributed by atoms with Crippen LogP contribution in [0, 0.1) is 0 Å². The van der Waals surface area contributed by atoms with E-state index in [1.807, 2.05) is 4.90 Å². The van der Waals surface area contributed by atoms with E-state index >= 15 is 0 Å². The average molecular weight is 377 g/mol. The van der Waals surface area contributed by atoms with Gasteiger partial charge in [-0.2, -0.15) is 0 Å². The van der Waals surface area contributed by atoms with Crippen molar-refractivity contribution in [1.29, 1.82) is 0 Å². The van der Waals surface area contributed by atoms with E-state index in [9.17, 15) is 14.4 Å². The van der Waals surface area contributed by atoms with E-state index < -0.39 is 5.54 Å². The van der Waals surface area contributed by atoms with Crippen LogP contribution < -0.4 is 0 Å². The van der Waals surface area contributed by atoms with Crippen molar-refractivity contribution in [2.75, 3.05) is 39.8 Å². The molecule has 4 aliphatic rings. The smallest absolute Gasteiger partial charge is 0.327 e. The highest BCUT2D eigenvalue weighted by atomic mass is 16.2. The fourth-order valence-electron chi connectivity index (χ4n) is 5.49. The molecule has 7 heteroatoms. The normalized spacial score (nSPS) is 29.2. The average Bonchev–Trinajstić information content (AvgIpc) is 3.30. The third-order valence-corrected chi connectivity index (χ3v) is 7.18. The van der Waals surface area contributed by atoms with Gasteiger partial charge in [0.15, 0.2) is 0 Å². The van der Waals surface area contributed by atoms with Gasteiger partial charge < -0.3 is 9.80 Å². The van der Waals surface area contributed by atoms with E-state index in [2.05, 4.69) is 4.90 Å². The third kappa shape index (κ3) is 3.24. The molecule has 3 aliphatic heterocycles. The molecular weight excluding hydrogens is 344 g/mol. The number of likely N-dealkylation sites (tertiary alicyclic amines) is 2. The molecule has 7 nitrogen and oxygen atoms in total. The lowest BCUT2D eigenvalue weighted by molar-refractivity contribution is -0.141. The summed E-state index contributed by atoms with van der Waals surface area (Å²) in [6.45, 7) is 3.62. The molecule has 150 valence electrons. The fourth-order valence-corrected chi connectivity index (χ4v) is 5.49. The molecule has 1 spiro atoms. The molecule has 4 amide bonds. The molecule has 0 aromatic carbocycles. The number of nitrogens with zero attached hydrogens (tertiary/aromatic N) is 4. The zero-order chi connectivity index (χ0) is 19.0. The molecule has 3 heterocycles. The molecule has 0 aromatic heterocycles. The molecular formula is C20H32N4O3. The second-order valence-electron chi connectivity index (χ2n) is 8.70. The van der Waals surface area contributed by atoms with Gasteiger partial charge in [0.25, 0.3) is 5.91 Å². The van der Waals surface area contributed by atoms with Crippen LogP contribution in [0.25, 0.3) is 0 Å². The van der Waals surface area contributed by atoms with E-state index in [-0.39, 0.29) is 24.4 Å². The van der Waals surface area contributed by atoms with Crippen molar-refractivity contribution in [2.24, 2.45) is 0 Å². The van der Waals surface area contributed by atoms with Crippen LogP contribution in [0.3, 0.4) is 0 Å². The Bertz CT molecular complexity index is 610. The number of carbonyl (C=O) groups excluding carboxylic acids is 3. The lowest BCUT2D eigenvalue weighted by Gasteiger charge is -2.38. The van der Waals surface area contributed by atoms with Crippen LogP contribution in [0.1, 0.15) is 57.8 Å². The highest BCUT2D eigenvalue weighted by Crippen LogP contribution is 2.39. The Labute approximate surface area is 161 Å². The van der Waals surface area contributed by atoms with Gasteiger partial charge in [-0.05, 0) is 51.6 Å². The number of urea groups is 1. The van der Waals surface area contributed by atoms with Gasteiger partial charge in [0, 0.05) is 26.2 Å². The van der Waals surface area contributed by atoms with Gasteiger partial charge in [0.2, 0.25) is 5.91 Å². The summed E-state index contributed by atoms with van der Waals surface area (Å²) in [6, 6.07) is 0.130. The number of hydrogen-bond acceptors (Lipinski definition) is 4. The zero-order valence-corrected chi connectivity index (χ0v) is 16.5. The number of piperidine rings is 1. The minimum absolute atomic E-state index is 0.0816. The van der Waals surface area contributed by atoms with Gasteiger partial charge >= 0.3 is 6.03 Å². The van der Waals surface area contributed by atoms with Crippen LogP contribution in [-0.4, -0.2) is 88.8 Å². The van der Waals surface area contributed by atoms with Crippen LogP contribution in [0.5, 0.6) is 0 Å². The minimum Gasteiger partial charge on any atom is -0.340 e. The summed E-state index contributed by atoms with van der Waals surface area (Å²) >= 11 is 0. The number of imide groups is 1. The van der Waals surface area contributed by atoms with Gasteiger partial charge in [0.05, 0.1) is 0 Å². The first-order chi connectivity index (χ1) is 13.0. The quantitative estimate of drug-likeness (QED) is 0.703. The van der Waals surface area contributed by atoms with E-state index in [1.54, 1.807) is 11.9 Å². The van der Waals surface area contributed by atoms with E-state index in [4.69, 9.17) is 0 Å². The second kappa shape index (κ2) is 7.41. The lowest BCUT2D eigenvalue weighted by Crippen LogP contribution is -2.52. The van der Waals surface area contributed by atoms with Crippen molar-refractivity contribution in [3.05, 3.63) is 0 Å². The molecule has 0 aromatic rings. The summed E-state index contributed by atoms with van der Waals surface area (Å²) in [5, 5.41) is 0. The molecule has 1 aliphatic carbocycles. The Hall–Kier alpha value is -1.63. The van der Waals surface area contributed by atoms with Crippen molar-refractivity contribution < 1.29 is 14.4 Å². The Kier molecular flexibility index (Phi) is 5.14. The Morgan fingerprint density at radius 2 is 1.70 bits per heavy atom. The molecule has 0 bridgehead atoms. The number of rotatable bonds is 3. The number of carbonyl (C=O) groups is 3. The van der Waals surface area contributed by atoms with Crippen molar-refractivity contribution >= 4 is 17.8 Å². The summed E-state index contributed by atoms with van der Waals surface area (Å²) in [4.78, 5) is 45.9. The zero-order valence-electron chi connectivity index (χ0n) is 16.5. The number of likely N-dealkylation sites (N-methyl/N-ethyl adjacent to an activating group) is 1. The Morgan fingerprint density at radius 1 is 1.00 bits per heavy atom. The lowest BCUT2D eigenvalue weighted by atomic mass is 9.81. The van der Waals surface area contributed by atoms with Gasteiger partial charge in [-0.15, -0.1) is 0 Å². The monoisotopic (exact) mass is 376 g/mol. The van der Waals surface area contributed by atoms with Crippen molar-refractivity contribution in [3.8, 4) is 0 Å². The Morgan fingerprint density at radius 3 is 2.41 bits per heavy atom. The van der Waals surface area contributed by atoms with E-state index in [1.165, 1.54) is 17.7 Å². The molecule has 4 fully saturated rings. The third-order valence-electron chi connectivity index (χ3n) is 7.18. The maximum atomic E-state index is 13.1. The molecule has 3 saturated heterocycles. The SMILES string of the molecule is CN1C(=O)N(CC(=O)N2CCCC(N3CCCC3)C2)C(=O)C12CCCCC2. The number of amides is 4. The maximum absolute atomic E-state index is 13.1. The Balaban J connectivity index is 1.41. The predicted molar refractivity (Wildman–Crippen MR) is 101 cm³/mol. The fraction of sp³-hybridized carbons (Fsp3) is 0.850. The second-order valence-corrected chi connectivity index (χ2v) is 8.70. The first-order valence-corrected chi connectivity index (χ1v) is 10.6. The van der Waals surface area contributed by atoms with Gasteiger partial charge in [-0.3, -0.25) is 19.4 Å². The van der Waals surface area contributed by atoms with E-state index in [0.29, 0.717) is 6.04 Å². The first-order valence-electron chi connectivity index (χ1n) is 10.6. The molecule has 27 heavy (non-hydrogen) atoms. The van der Waals surface area contributed by atoms with E-state index in [0.717, 1.165) is 71.1 Å². The topological polar surface area (TPSA) is 64.2 Å². The van der Waals surface area contributed by atoms with Gasteiger partial charge in [-0.25, -0.2) is 4.79 Å². The highest BCUT2D eigenvalue weighted by Gasteiger charge is 2.56. The maximum Gasteiger partial charge on any atom is 0.327 e. The van der Waals surface area contributed by atoms with Crippen molar-refractivity contribution in [3.63, 3.8) is 0 Å². The molecule has 1 unspecified atom stereocenters. The predicted octanol–water partition coefficient (Wildman–Crippen LogP) is 1.67. The van der Waals surface area contributed by atoms with Gasteiger partial charge in [0.1, 0.15) is 12.1 Å². The van der Waals surface area contributed by atoms with Crippen molar-refractivity contribution in [2.45, 2.75) is 69.4 Å². The van der Waals surface area contributed by atoms with Crippen LogP contribution in [0.2, 0.25) is 0 Å². The molecule has 1 atom stereocenters. The van der Waals surface area contributed by atoms with Crippen LogP contribution in [0.4, 0.5) is 4.79 Å². The molecule has 0 radical (unpaired) electrons. The number of hydrogen-bond donors (Lipinski definition) is 0. The first kappa shape index (κ1) is 18.7. The van der Waals surface area contributed by atoms with Crippen LogP contribution >= 0.6 is 0 Å². The largest absolute Gasteiger partial charge is 0.340 e. The summed E-state index contributed by atoms with van der Waals surface area (Å²) in [5.41, 5.74) is -0.699. The van der Waals surface area contributed by atoms with Crippen molar-refractivity contribution in [1.82, 2.24) is 19.6 Å². The summed E-state index contributed by atoms with van der Waals surface area (Å²) in [6.07, 6.45) is 9.12. The highest BCUT2D eigenvalue weighted by molar-refractivity contribution is 6.08. The van der Waals surface area contributed by atoms with Gasteiger partial charge in [-0.1, -0.05) is 19.3 Å². The minimum atomic E-state index is -0.699. The molecule has 4 rings (SSSR count). The summed E-state index contributed by atoms with van der Waals surface area (Å²) in [7, 11) is 1.72. The van der Waals surface area contributed by atoms with Crippen LogP contribution in [-0.2, 0) is 9.59 Å². The standard InChI is InChI=1S/C20H32N4O3/c1-21-19(27)24(18(26)20(21)9-3-2-4-10-20)15-17(25)23-13-7-8-16(14-23)22-11-5-6-12-22/h16H,2-15H2,1H3. The summed E-state index contributed by atoms with van der Waals surface area (Å²) in [5.74, 6) is -0.238.